The second-order valence-electron chi connectivity index (χ2n) is 8.59. The van der Waals surface area contributed by atoms with E-state index < -0.39 is 6.04 Å². The minimum atomic E-state index is -0.691. The normalized spacial score (nSPS) is 11.6. The molecule has 1 unspecified atom stereocenters. The highest BCUT2D eigenvalue weighted by Crippen LogP contribution is 2.18. The van der Waals surface area contributed by atoms with Crippen molar-refractivity contribution in [3.05, 3.63) is 101 Å². The summed E-state index contributed by atoms with van der Waals surface area (Å²) in [6.45, 7) is 4.71. The predicted octanol–water partition coefficient (Wildman–Crippen LogP) is 5.13. The minimum Gasteiger partial charge on any atom is -0.484 e. The van der Waals surface area contributed by atoms with Gasteiger partial charge in [0.05, 0.1) is 0 Å². The number of hydrogen-bond acceptors (Lipinski definition) is 3. The highest BCUT2D eigenvalue weighted by atomic mass is 35.5. The molecule has 1 N–H and O–H groups in total. The molecule has 0 spiro atoms. The summed E-state index contributed by atoms with van der Waals surface area (Å²) in [5.74, 6) is 0.452. The summed E-state index contributed by atoms with van der Waals surface area (Å²) in [4.78, 5) is 28.4. The van der Waals surface area contributed by atoms with Crippen LogP contribution in [-0.4, -0.2) is 35.9 Å². The number of benzene rings is 3. The third-order valence-corrected chi connectivity index (χ3v) is 5.58. The first-order chi connectivity index (χ1) is 16.4. The van der Waals surface area contributed by atoms with Crippen molar-refractivity contribution in [3.8, 4) is 5.75 Å². The molecule has 0 heterocycles. The van der Waals surface area contributed by atoms with E-state index in [1.807, 2.05) is 74.5 Å². The van der Waals surface area contributed by atoms with Gasteiger partial charge in [0.15, 0.2) is 6.61 Å². The Labute approximate surface area is 206 Å². The van der Waals surface area contributed by atoms with Crippen LogP contribution in [0.5, 0.6) is 5.75 Å². The molecule has 0 aliphatic carbocycles. The van der Waals surface area contributed by atoms with E-state index in [9.17, 15) is 9.59 Å². The summed E-state index contributed by atoms with van der Waals surface area (Å²) in [5, 5.41) is 3.63. The third-order valence-electron chi connectivity index (χ3n) is 5.33. The number of ether oxygens (including phenoxy) is 1. The molecular formula is C28H31ClN2O3. The first kappa shape index (κ1) is 25.3. The zero-order chi connectivity index (χ0) is 24.3. The second kappa shape index (κ2) is 12.8. The molecule has 3 rings (SSSR count). The Balaban J connectivity index is 1.88. The summed E-state index contributed by atoms with van der Waals surface area (Å²) < 4.78 is 5.74. The summed E-state index contributed by atoms with van der Waals surface area (Å²) in [7, 11) is 0. The second-order valence-corrected chi connectivity index (χ2v) is 9.03. The van der Waals surface area contributed by atoms with Crippen molar-refractivity contribution in [3.63, 3.8) is 0 Å². The lowest BCUT2D eigenvalue weighted by molar-refractivity contribution is -0.142. The van der Waals surface area contributed by atoms with Gasteiger partial charge in [-0.2, -0.15) is 0 Å². The molecule has 1 atom stereocenters. The van der Waals surface area contributed by atoms with Crippen molar-refractivity contribution in [1.82, 2.24) is 10.2 Å². The Morgan fingerprint density at radius 3 is 2.12 bits per heavy atom. The molecule has 6 heteroatoms. The largest absolute Gasteiger partial charge is 0.484 e. The number of para-hydroxylation sites is 1. The Morgan fingerprint density at radius 1 is 0.882 bits per heavy atom. The van der Waals surface area contributed by atoms with Gasteiger partial charge in [-0.05, 0) is 41.3 Å². The molecule has 0 saturated carbocycles. The van der Waals surface area contributed by atoms with Gasteiger partial charge in [0.2, 0.25) is 5.91 Å². The number of nitrogens with one attached hydrogen (secondary N) is 1. The average molecular weight is 479 g/mol. The first-order valence-electron chi connectivity index (χ1n) is 11.5. The molecule has 3 aromatic carbocycles. The fourth-order valence-corrected chi connectivity index (χ4v) is 3.63. The van der Waals surface area contributed by atoms with Gasteiger partial charge in [0.1, 0.15) is 11.8 Å². The Hall–Kier alpha value is -3.31. The molecule has 0 bridgehead atoms. The van der Waals surface area contributed by atoms with E-state index >= 15 is 0 Å². The molecular weight excluding hydrogens is 448 g/mol. The molecule has 0 aromatic heterocycles. The number of nitrogens with zero attached hydrogens (tertiary/aromatic N) is 1. The molecule has 5 nitrogen and oxygen atoms in total. The van der Waals surface area contributed by atoms with E-state index in [-0.39, 0.29) is 25.0 Å². The molecule has 0 fully saturated rings. The predicted molar refractivity (Wildman–Crippen MR) is 136 cm³/mol. The van der Waals surface area contributed by atoms with Crippen LogP contribution in [0.15, 0.2) is 84.9 Å². The van der Waals surface area contributed by atoms with E-state index in [1.165, 1.54) is 0 Å². The monoisotopic (exact) mass is 478 g/mol. The smallest absolute Gasteiger partial charge is 0.261 e. The summed E-state index contributed by atoms with van der Waals surface area (Å²) in [6.07, 6.45) is 0.398. The van der Waals surface area contributed by atoms with E-state index in [0.29, 0.717) is 29.7 Å². The maximum absolute atomic E-state index is 13.5. The lowest BCUT2D eigenvalue weighted by Crippen LogP contribution is -2.52. The number of carbonyl (C=O) groups excluding carboxylic acids is 2. The fourth-order valence-electron chi connectivity index (χ4n) is 3.51. The van der Waals surface area contributed by atoms with Crippen molar-refractivity contribution in [2.24, 2.45) is 5.92 Å². The zero-order valence-electron chi connectivity index (χ0n) is 19.6. The molecule has 0 aliphatic rings. The third kappa shape index (κ3) is 7.92. The highest BCUT2D eigenvalue weighted by Gasteiger charge is 2.30. The molecule has 0 saturated heterocycles. The average Bonchev–Trinajstić information content (AvgIpc) is 2.85. The maximum atomic E-state index is 13.5. The highest BCUT2D eigenvalue weighted by molar-refractivity contribution is 6.30. The fraction of sp³-hybridized carbons (Fsp3) is 0.286. The Bertz CT molecular complexity index is 1040. The number of rotatable bonds is 11. The van der Waals surface area contributed by atoms with Crippen molar-refractivity contribution < 1.29 is 14.3 Å². The first-order valence-corrected chi connectivity index (χ1v) is 11.8. The summed E-state index contributed by atoms with van der Waals surface area (Å²) >= 11 is 6.05. The zero-order valence-corrected chi connectivity index (χ0v) is 20.4. The standard InChI is InChI=1S/C28H31ClN2O3/c1-21(2)18-30-28(33)26(17-22-9-5-3-6-10-22)31(19-23-13-15-24(29)16-14-23)27(32)20-34-25-11-7-4-8-12-25/h3-16,21,26H,17-20H2,1-2H3,(H,30,33). The van der Waals surface area contributed by atoms with Gasteiger partial charge in [-0.25, -0.2) is 0 Å². The van der Waals surface area contributed by atoms with Crippen LogP contribution in [0.3, 0.4) is 0 Å². The SMILES string of the molecule is CC(C)CNC(=O)C(Cc1ccccc1)N(Cc1ccc(Cl)cc1)C(=O)COc1ccccc1. The van der Waals surface area contributed by atoms with E-state index in [2.05, 4.69) is 5.32 Å². The van der Waals surface area contributed by atoms with Gasteiger partial charge >= 0.3 is 0 Å². The van der Waals surface area contributed by atoms with Crippen LogP contribution in [0.2, 0.25) is 5.02 Å². The maximum Gasteiger partial charge on any atom is 0.261 e. The number of halogens is 1. The van der Waals surface area contributed by atoms with Crippen molar-refractivity contribution in [2.75, 3.05) is 13.2 Å². The number of amides is 2. The number of hydrogen-bond donors (Lipinski definition) is 1. The van der Waals surface area contributed by atoms with Gasteiger partial charge < -0.3 is 15.0 Å². The quantitative estimate of drug-likeness (QED) is 0.415. The van der Waals surface area contributed by atoms with Crippen LogP contribution in [0.25, 0.3) is 0 Å². The van der Waals surface area contributed by atoms with E-state index in [4.69, 9.17) is 16.3 Å². The molecule has 2 amide bonds. The molecule has 34 heavy (non-hydrogen) atoms. The van der Waals surface area contributed by atoms with Gasteiger partial charge in [-0.15, -0.1) is 0 Å². The minimum absolute atomic E-state index is 0.166. The van der Waals surface area contributed by atoms with Crippen LogP contribution in [0.1, 0.15) is 25.0 Å². The molecule has 0 radical (unpaired) electrons. The lowest BCUT2D eigenvalue weighted by Gasteiger charge is -2.31. The molecule has 3 aromatic rings. The van der Waals surface area contributed by atoms with E-state index in [1.54, 1.807) is 29.2 Å². The topological polar surface area (TPSA) is 58.6 Å². The van der Waals surface area contributed by atoms with Crippen molar-refractivity contribution in [1.29, 1.82) is 0 Å². The van der Waals surface area contributed by atoms with Crippen molar-refractivity contribution >= 4 is 23.4 Å². The lowest BCUT2D eigenvalue weighted by atomic mass is 10.0. The van der Waals surface area contributed by atoms with Crippen LogP contribution in [-0.2, 0) is 22.6 Å². The van der Waals surface area contributed by atoms with Gasteiger partial charge in [-0.1, -0.05) is 86.1 Å². The summed E-state index contributed by atoms with van der Waals surface area (Å²) in [5.41, 5.74) is 1.86. The Kier molecular flexibility index (Phi) is 9.53. The van der Waals surface area contributed by atoms with Crippen LogP contribution in [0, 0.1) is 5.92 Å². The van der Waals surface area contributed by atoms with Crippen molar-refractivity contribution in [2.45, 2.75) is 32.9 Å². The summed E-state index contributed by atoms with van der Waals surface area (Å²) in [6, 6.07) is 25.5. The van der Waals surface area contributed by atoms with Crippen LogP contribution in [0.4, 0.5) is 0 Å². The Morgan fingerprint density at radius 2 is 1.50 bits per heavy atom. The van der Waals surface area contributed by atoms with Crippen LogP contribution < -0.4 is 10.1 Å². The van der Waals surface area contributed by atoms with Gasteiger partial charge in [0, 0.05) is 24.5 Å². The molecule has 178 valence electrons. The number of carbonyl (C=O) groups is 2. The van der Waals surface area contributed by atoms with Gasteiger partial charge in [-0.3, -0.25) is 9.59 Å². The van der Waals surface area contributed by atoms with Gasteiger partial charge in [0.25, 0.3) is 5.91 Å². The van der Waals surface area contributed by atoms with Crippen LogP contribution >= 0.6 is 11.6 Å². The van der Waals surface area contributed by atoms with E-state index in [0.717, 1.165) is 11.1 Å². The molecule has 0 aliphatic heterocycles.